The van der Waals surface area contributed by atoms with Crippen molar-refractivity contribution in [2.24, 2.45) is 0 Å². The Morgan fingerprint density at radius 1 is 0.659 bits per heavy atom. The molecule has 5 heteroatoms. The Kier molecular flexibility index (Phi) is 20.6. The van der Waals surface area contributed by atoms with Crippen LogP contribution in [-0.4, -0.2) is 29.0 Å². The Hall–Kier alpha value is -3.86. The first-order chi connectivity index (χ1) is 20.0. The normalized spacial score (nSPS) is 14.0. The molecule has 1 rings (SSSR count). The topological polar surface area (TPSA) is 78.4 Å². The molecule has 1 aromatic carbocycles. The van der Waals surface area contributed by atoms with E-state index < -0.39 is 0 Å². The third kappa shape index (κ3) is 19.0. The lowest BCUT2D eigenvalue weighted by atomic mass is 10.1. The zero-order valence-corrected chi connectivity index (χ0v) is 25.2. The van der Waals surface area contributed by atoms with Gasteiger partial charge >= 0.3 is 0 Å². The van der Waals surface area contributed by atoms with Gasteiger partial charge in [-0.1, -0.05) is 104 Å². The third-order valence-electron chi connectivity index (χ3n) is 6.22. The van der Waals surface area contributed by atoms with E-state index in [0.29, 0.717) is 12.8 Å². The number of benzene rings is 1. The number of phenolic OH excluding ortho intramolecular Hbond substituents is 1. The number of amides is 2. The molecule has 2 atom stereocenters. The second kappa shape index (κ2) is 24.0. The molecule has 2 amide bonds. The average molecular weight is 559 g/mol. The molecule has 0 saturated heterocycles. The highest BCUT2D eigenvalue weighted by Gasteiger charge is 2.18. The second-order valence-corrected chi connectivity index (χ2v) is 9.80. The fourth-order valence-corrected chi connectivity index (χ4v) is 3.65. The maximum Gasteiger partial charge on any atom is 0.255 e. The highest BCUT2D eigenvalue weighted by Crippen LogP contribution is 2.15. The molecule has 41 heavy (non-hydrogen) atoms. The Morgan fingerprint density at radius 3 is 1.54 bits per heavy atom. The summed E-state index contributed by atoms with van der Waals surface area (Å²) >= 11 is 0. The van der Waals surface area contributed by atoms with Crippen LogP contribution in [0.1, 0.15) is 88.9 Å². The van der Waals surface area contributed by atoms with Gasteiger partial charge in [-0.15, -0.1) is 0 Å². The van der Waals surface area contributed by atoms with Gasteiger partial charge in [0.2, 0.25) is 5.91 Å². The highest BCUT2D eigenvalue weighted by molar-refractivity contribution is 5.97. The summed E-state index contributed by atoms with van der Waals surface area (Å²) in [5, 5.41) is 15.6. The van der Waals surface area contributed by atoms with Gasteiger partial charge in [-0.3, -0.25) is 9.59 Å². The van der Waals surface area contributed by atoms with E-state index in [2.05, 4.69) is 96.5 Å². The quantitative estimate of drug-likeness (QED) is 0.141. The van der Waals surface area contributed by atoms with Gasteiger partial charge in [0, 0.05) is 18.5 Å². The van der Waals surface area contributed by atoms with Gasteiger partial charge in [-0.2, -0.15) is 0 Å². The lowest BCUT2D eigenvalue weighted by molar-refractivity contribution is -0.121. The van der Waals surface area contributed by atoms with Gasteiger partial charge in [0.15, 0.2) is 0 Å². The summed E-state index contributed by atoms with van der Waals surface area (Å²) in [5.74, 6) is -0.488. The molecule has 0 aliphatic carbocycles. The number of phenols is 1. The maximum atomic E-state index is 12.3. The zero-order valence-electron chi connectivity index (χ0n) is 25.2. The summed E-state index contributed by atoms with van der Waals surface area (Å²) in [7, 11) is 0. The second-order valence-electron chi connectivity index (χ2n) is 9.80. The number of hydrogen-bond donors (Lipinski definition) is 3. The Balaban J connectivity index is 2.08. The molecule has 0 aromatic heterocycles. The predicted octanol–water partition coefficient (Wildman–Crippen LogP) is 8.44. The van der Waals surface area contributed by atoms with Crippen molar-refractivity contribution in [3.8, 4) is 5.75 Å². The molecule has 5 nitrogen and oxygen atoms in total. The lowest BCUT2D eigenvalue weighted by Crippen LogP contribution is -2.48. The summed E-state index contributed by atoms with van der Waals surface area (Å²) in [4.78, 5) is 24.6. The fourth-order valence-electron chi connectivity index (χ4n) is 3.65. The minimum atomic E-state index is -0.367. The van der Waals surface area contributed by atoms with Gasteiger partial charge < -0.3 is 15.7 Å². The van der Waals surface area contributed by atoms with Crippen molar-refractivity contribution >= 4 is 11.8 Å². The molecule has 0 aliphatic rings. The molecule has 0 fully saturated rings. The number of rotatable bonds is 20. The largest absolute Gasteiger partial charge is 0.507 e. The molecule has 0 spiro atoms. The first-order valence-corrected chi connectivity index (χ1v) is 14.9. The van der Waals surface area contributed by atoms with Crippen LogP contribution in [0, 0.1) is 0 Å². The van der Waals surface area contributed by atoms with E-state index in [0.717, 1.165) is 44.9 Å². The summed E-state index contributed by atoms with van der Waals surface area (Å²) in [6, 6.07) is 5.87. The average Bonchev–Trinajstić information content (AvgIpc) is 2.95. The Morgan fingerprint density at radius 2 is 1.07 bits per heavy atom. The van der Waals surface area contributed by atoms with Crippen molar-refractivity contribution in [3.63, 3.8) is 0 Å². The molecule has 0 bridgehead atoms. The Bertz CT molecular complexity index is 1080. The lowest BCUT2D eigenvalue weighted by Gasteiger charge is -2.22. The first kappa shape index (κ1) is 35.2. The Labute approximate surface area is 248 Å². The van der Waals surface area contributed by atoms with Crippen LogP contribution < -0.4 is 10.6 Å². The predicted molar refractivity (Wildman–Crippen MR) is 174 cm³/mol. The molecule has 0 radical (unpaired) electrons. The van der Waals surface area contributed by atoms with E-state index in [1.54, 1.807) is 18.2 Å². The molecule has 222 valence electrons. The van der Waals surface area contributed by atoms with Crippen molar-refractivity contribution in [3.05, 3.63) is 115 Å². The van der Waals surface area contributed by atoms with Gasteiger partial charge in [0.25, 0.3) is 5.91 Å². The van der Waals surface area contributed by atoms with E-state index in [9.17, 15) is 14.7 Å². The monoisotopic (exact) mass is 558 g/mol. The minimum Gasteiger partial charge on any atom is -0.507 e. The van der Waals surface area contributed by atoms with Crippen molar-refractivity contribution in [1.82, 2.24) is 10.6 Å². The fraction of sp³-hybridized carbons (Fsp3) is 0.389. The molecular weight excluding hydrogens is 508 g/mol. The van der Waals surface area contributed by atoms with Crippen molar-refractivity contribution < 1.29 is 14.7 Å². The van der Waals surface area contributed by atoms with Crippen LogP contribution in [0.3, 0.4) is 0 Å². The van der Waals surface area contributed by atoms with Crippen LogP contribution in [0.5, 0.6) is 5.75 Å². The highest BCUT2D eigenvalue weighted by atomic mass is 16.3. The van der Waals surface area contributed by atoms with E-state index >= 15 is 0 Å². The zero-order chi connectivity index (χ0) is 30.0. The summed E-state index contributed by atoms with van der Waals surface area (Å²) in [5.41, 5.74) is 0.218. The number of para-hydroxylation sites is 1. The summed E-state index contributed by atoms with van der Waals surface area (Å²) < 4.78 is 0. The van der Waals surface area contributed by atoms with E-state index in [4.69, 9.17) is 0 Å². The number of hydrogen-bond acceptors (Lipinski definition) is 3. The van der Waals surface area contributed by atoms with Crippen LogP contribution in [0.2, 0.25) is 0 Å². The molecule has 2 unspecified atom stereocenters. The third-order valence-corrected chi connectivity index (χ3v) is 6.22. The SMILES string of the molecule is CC/C=C\C/C=C\C/C=C\C/C=C\C/C=C\C/C=C\C/C=C\CCC(=O)NC(C)C(C)NC(=O)c1ccccc1O. The van der Waals surface area contributed by atoms with Gasteiger partial charge in [-0.05, 0) is 77.3 Å². The van der Waals surface area contributed by atoms with E-state index in [-0.39, 0.29) is 35.2 Å². The van der Waals surface area contributed by atoms with Crippen LogP contribution >= 0.6 is 0 Å². The van der Waals surface area contributed by atoms with Gasteiger partial charge in [-0.25, -0.2) is 0 Å². The first-order valence-electron chi connectivity index (χ1n) is 14.9. The van der Waals surface area contributed by atoms with Crippen molar-refractivity contribution in [2.45, 2.75) is 90.6 Å². The molecule has 0 saturated carbocycles. The molecule has 1 aromatic rings. The molecule has 0 heterocycles. The number of carbonyl (C=O) groups excluding carboxylic acids is 2. The van der Waals surface area contributed by atoms with Crippen LogP contribution in [0.15, 0.2) is 109 Å². The van der Waals surface area contributed by atoms with Gasteiger partial charge in [0.05, 0.1) is 5.56 Å². The number of allylic oxidation sites excluding steroid dienone is 14. The van der Waals surface area contributed by atoms with Crippen LogP contribution in [0.25, 0.3) is 0 Å². The number of aromatic hydroxyl groups is 1. The van der Waals surface area contributed by atoms with Crippen LogP contribution in [-0.2, 0) is 4.79 Å². The van der Waals surface area contributed by atoms with Crippen molar-refractivity contribution in [1.29, 1.82) is 0 Å². The molecular formula is C36H50N2O3. The summed E-state index contributed by atoms with van der Waals surface area (Å²) in [6.45, 7) is 5.83. The van der Waals surface area contributed by atoms with Gasteiger partial charge in [0.1, 0.15) is 5.75 Å². The minimum absolute atomic E-state index is 0.0558. The van der Waals surface area contributed by atoms with Crippen molar-refractivity contribution in [2.75, 3.05) is 0 Å². The van der Waals surface area contributed by atoms with E-state index in [1.807, 2.05) is 19.9 Å². The smallest absolute Gasteiger partial charge is 0.255 e. The van der Waals surface area contributed by atoms with Crippen LogP contribution in [0.4, 0.5) is 0 Å². The number of nitrogens with one attached hydrogen (secondary N) is 2. The molecule has 0 aliphatic heterocycles. The molecule has 3 N–H and O–H groups in total. The standard InChI is InChI=1S/C36H50N2O3/c1-4-5-6-7-8-9-10-11-12-13-14-15-16-17-18-19-20-21-22-23-24-25-30-35(40)37-31(2)32(3)38-36(41)33-28-26-27-29-34(33)39/h5-6,8-9,11-12,14-15,17-18,20-21,23-24,26-29,31-32,39H,4,7,10,13,16,19,22,25,30H2,1-3H3,(H,37,40)(H,38,41)/b6-5-,9-8-,12-11-,15-14-,18-17-,21-20-,24-23-. The maximum absolute atomic E-state index is 12.3. The van der Waals surface area contributed by atoms with E-state index in [1.165, 1.54) is 6.07 Å². The number of carbonyl (C=O) groups is 2. The summed E-state index contributed by atoms with van der Waals surface area (Å²) in [6.07, 6.45) is 38.2.